The molecule has 138 valence electrons. The minimum atomic E-state index is 0.870. The second-order valence-corrected chi connectivity index (χ2v) is 7.77. The molecule has 1 N–H and O–H groups in total. The second kappa shape index (κ2) is 8.99. The van der Waals surface area contributed by atoms with Gasteiger partial charge in [-0.25, -0.2) is 4.98 Å². The minimum absolute atomic E-state index is 0.870. The zero-order chi connectivity index (χ0) is 18.4. The highest BCUT2D eigenvalue weighted by Crippen LogP contribution is 2.22. The van der Waals surface area contributed by atoms with Crippen molar-refractivity contribution in [2.24, 2.45) is 4.99 Å². The molecule has 2 heterocycles. The molecule has 0 radical (unpaired) electrons. The first kappa shape index (κ1) is 18.6. The molecule has 26 heavy (non-hydrogen) atoms. The fourth-order valence-corrected chi connectivity index (χ4v) is 4.33. The second-order valence-electron chi connectivity index (χ2n) is 6.48. The third-order valence-electron chi connectivity index (χ3n) is 4.76. The molecule has 3 rings (SSSR count). The molecule has 0 saturated carbocycles. The maximum Gasteiger partial charge on any atom is 0.193 e. The summed E-state index contributed by atoms with van der Waals surface area (Å²) in [4.78, 5) is 12.9. The highest BCUT2D eigenvalue weighted by molar-refractivity contribution is 7.11. The van der Waals surface area contributed by atoms with E-state index in [0.717, 1.165) is 44.9 Å². The number of aryl methyl sites for hydroxylation is 2. The topological polar surface area (TPSA) is 40.5 Å². The molecule has 0 bridgehead atoms. The molecule has 0 atom stereocenters. The Hall–Kier alpha value is -2.14. The SMILES string of the molecule is CCc1nc(CCNC(=NC)N2CC=C(c3ccccc3)CC2)sc1C. The van der Waals surface area contributed by atoms with E-state index in [2.05, 4.69) is 65.5 Å². The van der Waals surface area contributed by atoms with Crippen LogP contribution in [-0.4, -0.2) is 42.5 Å². The molecule has 0 amide bonds. The van der Waals surface area contributed by atoms with E-state index in [1.165, 1.54) is 26.7 Å². The van der Waals surface area contributed by atoms with Crippen LogP contribution >= 0.6 is 11.3 Å². The third-order valence-corrected chi connectivity index (χ3v) is 5.83. The number of thiazole rings is 1. The zero-order valence-corrected chi connectivity index (χ0v) is 16.8. The Morgan fingerprint density at radius 1 is 1.31 bits per heavy atom. The Morgan fingerprint density at radius 3 is 2.73 bits per heavy atom. The predicted molar refractivity (Wildman–Crippen MR) is 112 cm³/mol. The van der Waals surface area contributed by atoms with Crippen molar-refractivity contribution in [1.82, 2.24) is 15.2 Å². The molecule has 0 fully saturated rings. The van der Waals surface area contributed by atoms with E-state index >= 15 is 0 Å². The summed E-state index contributed by atoms with van der Waals surface area (Å²) in [5, 5.41) is 4.72. The van der Waals surface area contributed by atoms with Crippen molar-refractivity contribution in [2.45, 2.75) is 33.1 Å². The summed E-state index contributed by atoms with van der Waals surface area (Å²) in [6.07, 6.45) is 5.34. The molecule has 0 spiro atoms. The van der Waals surface area contributed by atoms with Gasteiger partial charge in [0.2, 0.25) is 0 Å². The fourth-order valence-electron chi connectivity index (χ4n) is 3.31. The van der Waals surface area contributed by atoms with Crippen molar-refractivity contribution in [3.63, 3.8) is 0 Å². The Balaban J connectivity index is 1.52. The van der Waals surface area contributed by atoms with Gasteiger partial charge in [0.15, 0.2) is 5.96 Å². The first-order valence-electron chi connectivity index (χ1n) is 9.36. The molecule has 1 aromatic carbocycles. The first-order chi connectivity index (χ1) is 12.7. The average molecular weight is 369 g/mol. The summed E-state index contributed by atoms with van der Waals surface area (Å²) in [5.74, 6) is 0.984. The van der Waals surface area contributed by atoms with Crippen LogP contribution in [0.25, 0.3) is 5.57 Å². The van der Waals surface area contributed by atoms with E-state index in [1.54, 1.807) is 0 Å². The van der Waals surface area contributed by atoms with Crippen molar-refractivity contribution < 1.29 is 0 Å². The monoisotopic (exact) mass is 368 g/mol. The standard InChI is InChI=1S/C21H28N4S/c1-4-19-16(2)26-20(24-19)10-13-23-21(22-3)25-14-11-18(12-15-25)17-8-6-5-7-9-17/h5-9,11H,4,10,12-15H2,1-3H3,(H,22,23). The van der Waals surface area contributed by atoms with Crippen LogP contribution in [0.5, 0.6) is 0 Å². The van der Waals surface area contributed by atoms with Crippen LogP contribution in [0.2, 0.25) is 0 Å². The number of hydrogen-bond donors (Lipinski definition) is 1. The van der Waals surface area contributed by atoms with Crippen LogP contribution in [0, 0.1) is 6.92 Å². The van der Waals surface area contributed by atoms with Gasteiger partial charge in [0.1, 0.15) is 0 Å². The molecular formula is C21H28N4S. The van der Waals surface area contributed by atoms with Crippen LogP contribution < -0.4 is 5.32 Å². The molecule has 0 unspecified atom stereocenters. The Morgan fingerprint density at radius 2 is 2.12 bits per heavy atom. The maximum absolute atomic E-state index is 4.72. The number of rotatable bonds is 5. The number of aromatic nitrogens is 1. The normalized spacial score (nSPS) is 15.1. The van der Waals surface area contributed by atoms with Crippen LogP contribution in [0.3, 0.4) is 0 Å². The minimum Gasteiger partial charge on any atom is -0.356 e. The molecule has 4 nitrogen and oxygen atoms in total. The number of nitrogens with one attached hydrogen (secondary N) is 1. The van der Waals surface area contributed by atoms with Crippen LogP contribution in [0.1, 0.15) is 34.5 Å². The summed E-state index contributed by atoms with van der Waals surface area (Å²) in [6.45, 7) is 7.10. The van der Waals surface area contributed by atoms with Gasteiger partial charge >= 0.3 is 0 Å². The maximum atomic E-state index is 4.72. The summed E-state index contributed by atoms with van der Waals surface area (Å²) < 4.78 is 0. The number of aliphatic imine (C=N–C) groups is 1. The summed E-state index contributed by atoms with van der Waals surface area (Å²) >= 11 is 1.82. The van der Waals surface area contributed by atoms with E-state index in [9.17, 15) is 0 Å². The van der Waals surface area contributed by atoms with Gasteiger partial charge in [-0.3, -0.25) is 4.99 Å². The number of guanidine groups is 1. The lowest BCUT2D eigenvalue weighted by Gasteiger charge is -2.29. The molecule has 5 heteroatoms. The van der Waals surface area contributed by atoms with Gasteiger partial charge in [-0.05, 0) is 30.9 Å². The van der Waals surface area contributed by atoms with Gasteiger partial charge < -0.3 is 10.2 Å². The van der Waals surface area contributed by atoms with Crippen molar-refractivity contribution in [3.8, 4) is 0 Å². The van der Waals surface area contributed by atoms with Gasteiger partial charge in [0.25, 0.3) is 0 Å². The lowest BCUT2D eigenvalue weighted by Crippen LogP contribution is -2.44. The van der Waals surface area contributed by atoms with E-state index in [1.807, 2.05) is 18.4 Å². The molecule has 0 saturated heterocycles. The van der Waals surface area contributed by atoms with Gasteiger partial charge in [-0.15, -0.1) is 11.3 Å². The largest absolute Gasteiger partial charge is 0.356 e. The molecule has 1 aliphatic heterocycles. The zero-order valence-electron chi connectivity index (χ0n) is 16.0. The van der Waals surface area contributed by atoms with Crippen molar-refractivity contribution >= 4 is 22.9 Å². The Bertz CT molecular complexity index is 777. The Kier molecular flexibility index (Phi) is 6.45. The van der Waals surface area contributed by atoms with Crippen molar-refractivity contribution in [3.05, 3.63) is 57.6 Å². The number of nitrogens with zero attached hydrogens (tertiary/aromatic N) is 3. The first-order valence-corrected chi connectivity index (χ1v) is 10.2. The molecular weight excluding hydrogens is 340 g/mol. The summed E-state index contributed by atoms with van der Waals surface area (Å²) in [5.41, 5.74) is 4.01. The Labute approximate surface area is 160 Å². The summed E-state index contributed by atoms with van der Waals surface area (Å²) in [7, 11) is 1.86. The highest BCUT2D eigenvalue weighted by Gasteiger charge is 2.16. The van der Waals surface area contributed by atoms with Gasteiger partial charge in [0, 0.05) is 38.0 Å². The third kappa shape index (κ3) is 4.52. The smallest absolute Gasteiger partial charge is 0.193 e. The van der Waals surface area contributed by atoms with Crippen LogP contribution in [-0.2, 0) is 12.8 Å². The molecule has 1 aromatic heterocycles. The van der Waals surface area contributed by atoms with Gasteiger partial charge in [-0.2, -0.15) is 0 Å². The van der Waals surface area contributed by atoms with Gasteiger partial charge in [-0.1, -0.05) is 43.3 Å². The number of hydrogen-bond acceptors (Lipinski definition) is 3. The molecule has 0 aliphatic carbocycles. The molecule has 2 aromatic rings. The van der Waals surface area contributed by atoms with E-state index in [-0.39, 0.29) is 0 Å². The lowest BCUT2D eigenvalue weighted by atomic mass is 10.00. The predicted octanol–water partition coefficient (Wildman–Crippen LogP) is 3.92. The molecule has 1 aliphatic rings. The fraction of sp³-hybridized carbons (Fsp3) is 0.429. The van der Waals surface area contributed by atoms with E-state index < -0.39 is 0 Å². The number of benzene rings is 1. The highest BCUT2D eigenvalue weighted by atomic mass is 32.1. The lowest BCUT2D eigenvalue weighted by molar-refractivity contribution is 0.440. The van der Waals surface area contributed by atoms with Crippen LogP contribution in [0.15, 0.2) is 41.4 Å². The van der Waals surface area contributed by atoms with E-state index in [0.29, 0.717) is 0 Å². The van der Waals surface area contributed by atoms with Crippen molar-refractivity contribution in [2.75, 3.05) is 26.7 Å². The van der Waals surface area contributed by atoms with Crippen LogP contribution in [0.4, 0.5) is 0 Å². The quantitative estimate of drug-likeness (QED) is 0.642. The van der Waals surface area contributed by atoms with Crippen molar-refractivity contribution in [1.29, 1.82) is 0 Å². The van der Waals surface area contributed by atoms with Gasteiger partial charge in [0.05, 0.1) is 10.7 Å². The average Bonchev–Trinajstić information content (AvgIpc) is 3.06. The summed E-state index contributed by atoms with van der Waals surface area (Å²) in [6, 6.07) is 10.7. The van der Waals surface area contributed by atoms with E-state index in [4.69, 9.17) is 4.98 Å².